The Morgan fingerprint density at radius 3 is 2.45 bits per heavy atom. The Hall–Kier alpha value is -2.99. The van der Waals surface area contributed by atoms with Gasteiger partial charge in [-0.3, -0.25) is 14.6 Å². The molecule has 0 aliphatic heterocycles. The summed E-state index contributed by atoms with van der Waals surface area (Å²) in [5, 5.41) is 5.97. The molecule has 0 radical (unpaired) electrons. The summed E-state index contributed by atoms with van der Waals surface area (Å²) in [6.45, 7) is 3.78. The first-order chi connectivity index (χ1) is 14.9. The van der Waals surface area contributed by atoms with E-state index in [4.69, 9.17) is 0 Å². The van der Waals surface area contributed by atoms with Gasteiger partial charge in [0.2, 0.25) is 5.91 Å². The van der Waals surface area contributed by atoms with Gasteiger partial charge in [-0.25, -0.2) is 0 Å². The third-order valence-electron chi connectivity index (χ3n) is 5.42. The van der Waals surface area contributed by atoms with Crippen LogP contribution in [0.2, 0.25) is 0 Å². The summed E-state index contributed by atoms with van der Waals surface area (Å²) in [6.07, 6.45) is 1.95. The van der Waals surface area contributed by atoms with Gasteiger partial charge in [0.05, 0.1) is 23.0 Å². The van der Waals surface area contributed by atoms with E-state index in [2.05, 4.69) is 31.5 Å². The standard InChI is InChI=1S/C25H24BrN3O2/c1-15(17-8-10-21(11-9-17)29-24(30)18-6-7-18)28-25(31)22-12-13-23(27-16(22)2)19-4-3-5-20(26)14-19/h3-5,8-15,18H,6-7H2,1-2H3,(H,28,31)(H,29,30). The Bertz CT molecular complexity index is 1120. The molecule has 1 aromatic heterocycles. The molecule has 6 heteroatoms. The van der Waals surface area contributed by atoms with Crippen LogP contribution in [-0.2, 0) is 4.79 Å². The third-order valence-corrected chi connectivity index (χ3v) is 5.92. The number of nitrogens with one attached hydrogen (secondary N) is 2. The number of rotatable bonds is 6. The maximum absolute atomic E-state index is 12.8. The molecule has 3 aromatic rings. The molecule has 1 unspecified atom stereocenters. The fraction of sp³-hybridized carbons (Fsp3) is 0.240. The number of hydrogen-bond acceptors (Lipinski definition) is 3. The van der Waals surface area contributed by atoms with Crippen LogP contribution in [0.5, 0.6) is 0 Å². The number of carbonyl (C=O) groups is 2. The van der Waals surface area contributed by atoms with Crippen molar-refractivity contribution in [3.63, 3.8) is 0 Å². The Balaban J connectivity index is 1.42. The lowest BCUT2D eigenvalue weighted by Crippen LogP contribution is -2.27. The number of aromatic nitrogens is 1. The van der Waals surface area contributed by atoms with Gasteiger partial charge in [-0.15, -0.1) is 0 Å². The Morgan fingerprint density at radius 1 is 1.06 bits per heavy atom. The monoisotopic (exact) mass is 477 g/mol. The molecule has 2 amide bonds. The quantitative estimate of drug-likeness (QED) is 0.481. The molecule has 4 rings (SSSR count). The van der Waals surface area contributed by atoms with E-state index < -0.39 is 0 Å². The maximum Gasteiger partial charge on any atom is 0.253 e. The van der Waals surface area contributed by atoms with Crippen LogP contribution >= 0.6 is 15.9 Å². The van der Waals surface area contributed by atoms with E-state index in [0.717, 1.165) is 39.8 Å². The van der Waals surface area contributed by atoms with E-state index in [-0.39, 0.29) is 23.8 Å². The lowest BCUT2D eigenvalue weighted by Gasteiger charge is -2.16. The molecule has 0 saturated heterocycles. The van der Waals surface area contributed by atoms with Crippen molar-refractivity contribution in [1.82, 2.24) is 10.3 Å². The summed E-state index contributed by atoms with van der Waals surface area (Å²) in [5.74, 6) is 0.0947. The lowest BCUT2D eigenvalue weighted by molar-refractivity contribution is -0.117. The molecule has 1 saturated carbocycles. The third kappa shape index (κ3) is 5.20. The Labute approximate surface area is 190 Å². The number of benzene rings is 2. The first-order valence-electron chi connectivity index (χ1n) is 10.4. The van der Waals surface area contributed by atoms with Crippen LogP contribution in [-0.4, -0.2) is 16.8 Å². The van der Waals surface area contributed by atoms with Crippen molar-refractivity contribution in [2.24, 2.45) is 5.92 Å². The summed E-state index contributed by atoms with van der Waals surface area (Å²) in [4.78, 5) is 29.3. The van der Waals surface area contributed by atoms with Gasteiger partial charge >= 0.3 is 0 Å². The van der Waals surface area contributed by atoms with Gasteiger partial charge in [0.1, 0.15) is 0 Å². The zero-order valence-electron chi connectivity index (χ0n) is 17.5. The van der Waals surface area contributed by atoms with Crippen LogP contribution in [0.3, 0.4) is 0 Å². The van der Waals surface area contributed by atoms with Gasteiger partial charge < -0.3 is 10.6 Å². The number of carbonyl (C=O) groups excluding carboxylic acids is 2. The van der Waals surface area contributed by atoms with Crippen LogP contribution < -0.4 is 10.6 Å². The minimum atomic E-state index is -0.176. The number of halogens is 1. The summed E-state index contributed by atoms with van der Waals surface area (Å²) in [6, 6.07) is 19.0. The van der Waals surface area contributed by atoms with Crippen LogP contribution in [0.4, 0.5) is 5.69 Å². The Morgan fingerprint density at radius 2 is 1.81 bits per heavy atom. The summed E-state index contributed by atoms with van der Waals surface area (Å²) >= 11 is 3.48. The van der Waals surface area contributed by atoms with Crippen LogP contribution in [0.1, 0.15) is 47.4 Å². The predicted octanol–water partition coefficient (Wildman–Crippen LogP) is 5.66. The van der Waals surface area contributed by atoms with Crippen molar-refractivity contribution in [3.05, 3.63) is 82.0 Å². The van der Waals surface area contributed by atoms with Crippen molar-refractivity contribution in [2.75, 3.05) is 5.32 Å². The molecule has 5 nitrogen and oxygen atoms in total. The van der Waals surface area contributed by atoms with E-state index in [0.29, 0.717) is 11.3 Å². The van der Waals surface area contributed by atoms with Gasteiger partial charge in [0, 0.05) is 21.6 Å². The first-order valence-corrected chi connectivity index (χ1v) is 11.2. The predicted molar refractivity (Wildman–Crippen MR) is 126 cm³/mol. The highest BCUT2D eigenvalue weighted by Gasteiger charge is 2.29. The highest BCUT2D eigenvalue weighted by Crippen LogP contribution is 2.30. The number of pyridine rings is 1. The minimum absolute atomic E-state index is 0.0865. The molecule has 31 heavy (non-hydrogen) atoms. The number of aryl methyl sites for hydroxylation is 1. The lowest BCUT2D eigenvalue weighted by atomic mass is 10.1. The number of nitrogens with zero attached hydrogens (tertiary/aromatic N) is 1. The molecular formula is C25H24BrN3O2. The normalized spacial score (nSPS) is 14.0. The SMILES string of the molecule is Cc1nc(-c2cccc(Br)c2)ccc1C(=O)NC(C)c1ccc(NC(=O)C2CC2)cc1. The summed E-state index contributed by atoms with van der Waals surface area (Å²) in [5.41, 5.74) is 4.80. The van der Waals surface area contributed by atoms with Crippen molar-refractivity contribution >= 4 is 33.4 Å². The van der Waals surface area contributed by atoms with Crippen LogP contribution in [0, 0.1) is 12.8 Å². The molecule has 0 bridgehead atoms. The second-order valence-corrected chi connectivity index (χ2v) is 8.84. The average molecular weight is 478 g/mol. The second-order valence-electron chi connectivity index (χ2n) is 7.92. The zero-order chi connectivity index (χ0) is 22.0. The second kappa shape index (κ2) is 9.02. The Kier molecular flexibility index (Phi) is 6.18. The van der Waals surface area contributed by atoms with E-state index in [1.54, 1.807) is 0 Å². The summed E-state index contributed by atoms with van der Waals surface area (Å²) in [7, 11) is 0. The number of hydrogen-bond donors (Lipinski definition) is 2. The largest absolute Gasteiger partial charge is 0.345 e. The molecule has 2 aromatic carbocycles. The van der Waals surface area contributed by atoms with Gasteiger partial charge in [-0.2, -0.15) is 0 Å². The molecule has 1 aliphatic carbocycles. The first kappa shape index (κ1) is 21.2. The molecule has 2 N–H and O–H groups in total. The maximum atomic E-state index is 12.8. The van der Waals surface area contributed by atoms with Gasteiger partial charge in [0.25, 0.3) is 5.91 Å². The van der Waals surface area contributed by atoms with Gasteiger partial charge in [-0.05, 0) is 68.7 Å². The average Bonchev–Trinajstić information content (AvgIpc) is 3.59. The fourth-order valence-electron chi connectivity index (χ4n) is 3.41. The molecule has 1 fully saturated rings. The molecule has 158 valence electrons. The molecule has 1 aliphatic rings. The molecule has 1 heterocycles. The van der Waals surface area contributed by atoms with E-state index in [1.807, 2.05) is 74.5 Å². The smallest absolute Gasteiger partial charge is 0.253 e. The highest BCUT2D eigenvalue weighted by atomic mass is 79.9. The summed E-state index contributed by atoms with van der Waals surface area (Å²) < 4.78 is 0.984. The van der Waals surface area contributed by atoms with Crippen LogP contribution in [0.25, 0.3) is 11.3 Å². The van der Waals surface area contributed by atoms with Crippen molar-refractivity contribution < 1.29 is 9.59 Å². The zero-order valence-corrected chi connectivity index (χ0v) is 19.1. The number of anilines is 1. The molecule has 1 atom stereocenters. The molecular weight excluding hydrogens is 454 g/mol. The van der Waals surface area contributed by atoms with Crippen molar-refractivity contribution in [3.8, 4) is 11.3 Å². The minimum Gasteiger partial charge on any atom is -0.345 e. The topological polar surface area (TPSA) is 71.1 Å². The highest BCUT2D eigenvalue weighted by molar-refractivity contribution is 9.10. The van der Waals surface area contributed by atoms with E-state index in [9.17, 15) is 9.59 Å². The van der Waals surface area contributed by atoms with Crippen molar-refractivity contribution in [1.29, 1.82) is 0 Å². The van der Waals surface area contributed by atoms with Gasteiger partial charge in [-0.1, -0.05) is 40.2 Å². The van der Waals surface area contributed by atoms with E-state index >= 15 is 0 Å². The van der Waals surface area contributed by atoms with Crippen molar-refractivity contribution in [2.45, 2.75) is 32.7 Å². The van der Waals surface area contributed by atoms with Gasteiger partial charge in [0.15, 0.2) is 0 Å². The molecule has 0 spiro atoms. The number of amides is 2. The fourth-order valence-corrected chi connectivity index (χ4v) is 3.81. The van der Waals surface area contributed by atoms with Crippen LogP contribution in [0.15, 0.2) is 65.1 Å². The van der Waals surface area contributed by atoms with E-state index in [1.165, 1.54) is 0 Å².